The molecule has 2 amide bonds. The van der Waals surface area contributed by atoms with Gasteiger partial charge in [-0.1, -0.05) is 6.07 Å². The highest BCUT2D eigenvalue weighted by Crippen LogP contribution is 2.27. The maximum Gasteiger partial charge on any atom is 0.254 e. The van der Waals surface area contributed by atoms with Crippen molar-refractivity contribution in [1.29, 1.82) is 0 Å². The summed E-state index contributed by atoms with van der Waals surface area (Å²) in [5.74, 6) is -0.182. The first-order valence-corrected chi connectivity index (χ1v) is 9.88. The van der Waals surface area contributed by atoms with Gasteiger partial charge in [-0.25, -0.2) is 0 Å². The second kappa shape index (κ2) is 8.65. The molecular weight excluding hydrogens is 362 g/mol. The lowest BCUT2D eigenvalue weighted by Gasteiger charge is -2.28. The number of carbonyl (C=O) groups excluding carboxylic acids is 2. The van der Waals surface area contributed by atoms with Crippen molar-refractivity contribution in [2.24, 2.45) is 5.73 Å². The molecule has 1 atom stereocenters. The van der Waals surface area contributed by atoms with Gasteiger partial charge in [-0.2, -0.15) is 0 Å². The highest BCUT2D eigenvalue weighted by molar-refractivity contribution is 7.10. The molecule has 0 aliphatic carbocycles. The summed E-state index contributed by atoms with van der Waals surface area (Å²) in [5.41, 5.74) is 8.84. The fourth-order valence-corrected chi connectivity index (χ4v) is 4.16. The molecule has 1 aliphatic heterocycles. The van der Waals surface area contributed by atoms with Crippen molar-refractivity contribution < 1.29 is 14.3 Å². The van der Waals surface area contributed by atoms with E-state index in [0.29, 0.717) is 24.3 Å². The molecule has 3 rings (SSSR count). The van der Waals surface area contributed by atoms with Gasteiger partial charge in [0.05, 0.1) is 12.5 Å². The smallest absolute Gasteiger partial charge is 0.254 e. The van der Waals surface area contributed by atoms with Crippen LogP contribution in [0.15, 0.2) is 29.6 Å². The molecule has 0 spiro atoms. The molecule has 2 heterocycles. The van der Waals surface area contributed by atoms with Crippen molar-refractivity contribution in [2.75, 3.05) is 25.5 Å². The number of benzene rings is 1. The van der Waals surface area contributed by atoms with Crippen LogP contribution in [-0.4, -0.2) is 43.0 Å². The minimum atomic E-state index is -0.316. The Hall–Kier alpha value is -2.22. The van der Waals surface area contributed by atoms with Crippen molar-refractivity contribution >= 4 is 28.8 Å². The molecule has 2 aromatic rings. The molecule has 1 aliphatic rings. The largest absolute Gasteiger partial charge is 0.380 e. The average molecular weight is 388 g/mol. The van der Waals surface area contributed by atoms with Crippen LogP contribution >= 0.6 is 11.3 Å². The van der Waals surface area contributed by atoms with E-state index in [2.05, 4.69) is 16.8 Å². The summed E-state index contributed by atoms with van der Waals surface area (Å²) >= 11 is 1.75. The van der Waals surface area contributed by atoms with E-state index in [1.165, 1.54) is 17.6 Å². The van der Waals surface area contributed by atoms with E-state index in [1.54, 1.807) is 23.5 Å². The predicted octanol–water partition coefficient (Wildman–Crippen LogP) is 2.56. The van der Waals surface area contributed by atoms with Crippen LogP contribution in [0.4, 0.5) is 5.69 Å². The van der Waals surface area contributed by atoms with Crippen LogP contribution in [0.5, 0.6) is 0 Å². The van der Waals surface area contributed by atoms with Gasteiger partial charge in [0, 0.05) is 42.9 Å². The fourth-order valence-electron chi connectivity index (χ4n) is 3.27. The number of thiophene rings is 1. The van der Waals surface area contributed by atoms with Crippen LogP contribution in [-0.2, 0) is 22.5 Å². The fraction of sp³-hybridized carbons (Fsp3) is 0.400. The van der Waals surface area contributed by atoms with Gasteiger partial charge in [-0.05, 0) is 48.1 Å². The monoisotopic (exact) mass is 387 g/mol. The first kappa shape index (κ1) is 19.5. The third-order valence-corrected chi connectivity index (χ3v) is 5.97. The molecule has 0 saturated carbocycles. The second-order valence-electron chi connectivity index (χ2n) is 6.67. The number of anilines is 1. The van der Waals surface area contributed by atoms with E-state index >= 15 is 0 Å². The minimum absolute atomic E-state index is 0.00262. The number of nitrogens with two attached hydrogens (primary N) is 1. The third-order valence-electron chi connectivity index (χ3n) is 4.94. The molecule has 1 unspecified atom stereocenters. The Kier molecular flexibility index (Phi) is 6.26. The zero-order valence-electron chi connectivity index (χ0n) is 15.7. The number of hydrogen-bond acceptors (Lipinski definition) is 5. The van der Waals surface area contributed by atoms with Crippen LogP contribution in [0.25, 0.3) is 0 Å². The molecule has 0 saturated heterocycles. The van der Waals surface area contributed by atoms with Gasteiger partial charge in [0.15, 0.2) is 0 Å². The van der Waals surface area contributed by atoms with E-state index in [9.17, 15) is 9.59 Å². The van der Waals surface area contributed by atoms with Gasteiger partial charge < -0.3 is 20.7 Å². The van der Waals surface area contributed by atoms with Crippen LogP contribution in [0.3, 0.4) is 0 Å². The summed E-state index contributed by atoms with van der Waals surface area (Å²) < 4.78 is 5.16. The Morgan fingerprint density at radius 3 is 2.93 bits per heavy atom. The Morgan fingerprint density at radius 1 is 1.37 bits per heavy atom. The molecule has 0 fully saturated rings. The summed E-state index contributed by atoms with van der Waals surface area (Å²) in [6.07, 6.45) is 0.756. The lowest BCUT2D eigenvalue weighted by atomic mass is 10.0. The van der Waals surface area contributed by atoms with Gasteiger partial charge in [-0.3, -0.25) is 9.59 Å². The molecule has 1 aromatic carbocycles. The number of hydrogen-bond donors (Lipinski definition) is 2. The van der Waals surface area contributed by atoms with Crippen molar-refractivity contribution in [3.8, 4) is 0 Å². The van der Waals surface area contributed by atoms with Gasteiger partial charge in [0.25, 0.3) is 5.91 Å². The standard InChI is InChI=1S/C20H25N3O3S/c1-13-16(20(25)23-8-6-18-14(12-23)7-9-27-18)4-3-5-17(13)22-19(24)10-15(11-21)26-2/h3-5,7,9,15H,6,8,10-12,21H2,1-2H3,(H,22,24). The number of nitrogens with zero attached hydrogens (tertiary/aromatic N) is 1. The number of fused-ring (bicyclic) bond motifs is 1. The number of methoxy groups -OCH3 is 1. The number of amides is 2. The number of nitrogens with one attached hydrogen (secondary N) is 1. The summed E-state index contributed by atoms with van der Waals surface area (Å²) in [4.78, 5) is 28.5. The highest BCUT2D eigenvalue weighted by Gasteiger charge is 2.24. The minimum Gasteiger partial charge on any atom is -0.380 e. The Labute approximate surface area is 163 Å². The number of carbonyl (C=O) groups is 2. The number of rotatable bonds is 6. The van der Waals surface area contributed by atoms with Gasteiger partial charge in [0.1, 0.15) is 0 Å². The Bertz CT molecular complexity index is 830. The molecule has 144 valence electrons. The normalized spacial score (nSPS) is 14.6. The van der Waals surface area contributed by atoms with Gasteiger partial charge in [0.2, 0.25) is 5.91 Å². The zero-order chi connectivity index (χ0) is 19.4. The molecule has 3 N–H and O–H groups in total. The van der Waals surface area contributed by atoms with E-state index in [-0.39, 0.29) is 30.9 Å². The summed E-state index contributed by atoms with van der Waals surface area (Å²) in [7, 11) is 1.53. The summed E-state index contributed by atoms with van der Waals surface area (Å²) in [5, 5.41) is 4.95. The summed E-state index contributed by atoms with van der Waals surface area (Å²) in [6.45, 7) is 3.49. The van der Waals surface area contributed by atoms with Crippen LogP contribution in [0.2, 0.25) is 0 Å². The zero-order valence-corrected chi connectivity index (χ0v) is 16.5. The van der Waals surface area contributed by atoms with Crippen LogP contribution < -0.4 is 11.1 Å². The molecule has 0 radical (unpaired) electrons. The molecule has 1 aromatic heterocycles. The van der Waals surface area contributed by atoms with Crippen molar-refractivity contribution in [1.82, 2.24) is 4.90 Å². The maximum atomic E-state index is 13.0. The molecular formula is C20H25N3O3S. The summed E-state index contributed by atoms with van der Waals surface area (Å²) in [6, 6.07) is 7.51. The first-order chi connectivity index (χ1) is 13.0. The molecule has 6 nitrogen and oxygen atoms in total. The average Bonchev–Trinajstić information content (AvgIpc) is 3.15. The first-order valence-electron chi connectivity index (χ1n) is 9.00. The van der Waals surface area contributed by atoms with Crippen LogP contribution in [0, 0.1) is 6.92 Å². The van der Waals surface area contributed by atoms with E-state index in [0.717, 1.165) is 12.0 Å². The SMILES string of the molecule is COC(CN)CC(=O)Nc1cccc(C(=O)N2CCc3sccc3C2)c1C. The van der Waals surface area contributed by atoms with Gasteiger partial charge in [-0.15, -0.1) is 11.3 Å². The topological polar surface area (TPSA) is 84.7 Å². The van der Waals surface area contributed by atoms with Crippen molar-refractivity contribution in [3.63, 3.8) is 0 Å². The van der Waals surface area contributed by atoms with E-state index in [4.69, 9.17) is 10.5 Å². The quantitative estimate of drug-likeness (QED) is 0.798. The molecule has 0 bridgehead atoms. The van der Waals surface area contributed by atoms with E-state index in [1.807, 2.05) is 17.9 Å². The van der Waals surface area contributed by atoms with Crippen molar-refractivity contribution in [2.45, 2.75) is 32.4 Å². The van der Waals surface area contributed by atoms with Crippen molar-refractivity contribution in [3.05, 3.63) is 51.2 Å². The Morgan fingerprint density at radius 2 is 2.19 bits per heavy atom. The predicted molar refractivity (Wildman–Crippen MR) is 107 cm³/mol. The highest BCUT2D eigenvalue weighted by atomic mass is 32.1. The van der Waals surface area contributed by atoms with E-state index < -0.39 is 0 Å². The molecule has 7 heteroatoms. The third kappa shape index (κ3) is 4.37. The van der Waals surface area contributed by atoms with Crippen LogP contribution in [0.1, 0.15) is 32.8 Å². The number of ether oxygens (including phenoxy) is 1. The Balaban J connectivity index is 1.73. The second-order valence-corrected chi connectivity index (χ2v) is 7.67. The van der Waals surface area contributed by atoms with Gasteiger partial charge >= 0.3 is 0 Å². The maximum absolute atomic E-state index is 13.0. The molecule has 27 heavy (non-hydrogen) atoms. The lowest BCUT2D eigenvalue weighted by molar-refractivity contribution is -0.118. The lowest BCUT2D eigenvalue weighted by Crippen LogP contribution is -2.35.